The predicted octanol–water partition coefficient (Wildman–Crippen LogP) is -0.558. The molecule has 10 N–H and O–H groups in total. The van der Waals surface area contributed by atoms with Crippen LogP contribution in [0.5, 0.6) is 0 Å². The Morgan fingerprint density at radius 3 is 1.49 bits per heavy atom. The molecule has 0 aliphatic carbocycles. The summed E-state index contributed by atoms with van der Waals surface area (Å²) in [4.78, 5) is 90.9. The van der Waals surface area contributed by atoms with Crippen LogP contribution in [0.3, 0.4) is 0 Å². The highest BCUT2D eigenvalue weighted by Gasteiger charge is 2.38. The van der Waals surface area contributed by atoms with Crippen molar-refractivity contribution in [3.8, 4) is 0 Å². The van der Waals surface area contributed by atoms with Crippen molar-refractivity contribution in [3.63, 3.8) is 0 Å². The zero-order valence-corrected chi connectivity index (χ0v) is 31.3. The van der Waals surface area contributed by atoms with Crippen molar-refractivity contribution in [1.29, 1.82) is 0 Å². The number of nitrogens with one attached hydrogen (secondary N) is 5. The monoisotopic (exact) mass is 698 g/mol. The smallest absolute Gasteiger partial charge is 0.326 e. The summed E-state index contributed by atoms with van der Waals surface area (Å²) in [5, 5.41) is 22.2. The van der Waals surface area contributed by atoms with E-state index >= 15 is 0 Å². The van der Waals surface area contributed by atoms with Gasteiger partial charge in [-0.2, -0.15) is 0 Å². The summed E-state index contributed by atoms with van der Waals surface area (Å²) in [5.41, 5.74) is 10.6. The molecule has 7 atom stereocenters. The first-order valence-electron chi connectivity index (χ1n) is 16.9. The van der Waals surface area contributed by atoms with Gasteiger partial charge in [0.15, 0.2) is 0 Å². The van der Waals surface area contributed by atoms with E-state index in [-0.39, 0.29) is 37.1 Å². The third-order valence-electron chi connectivity index (χ3n) is 7.86. The minimum atomic E-state index is -1.69. The predicted molar refractivity (Wildman–Crippen MR) is 185 cm³/mol. The lowest BCUT2D eigenvalue weighted by Crippen LogP contribution is -2.64. The fourth-order valence-electron chi connectivity index (χ4n) is 4.78. The van der Waals surface area contributed by atoms with Crippen molar-refractivity contribution in [2.24, 2.45) is 35.1 Å². The first kappa shape index (κ1) is 45.2. The summed E-state index contributed by atoms with van der Waals surface area (Å²) >= 11 is 0. The number of nitrogens with zero attached hydrogens (tertiary/aromatic N) is 1. The van der Waals surface area contributed by atoms with Crippen molar-refractivity contribution < 1.29 is 38.7 Å². The van der Waals surface area contributed by atoms with Crippen molar-refractivity contribution >= 4 is 41.4 Å². The van der Waals surface area contributed by atoms with Crippen molar-refractivity contribution in [2.75, 3.05) is 13.6 Å². The van der Waals surface area contributed by atoms with Gasteiger partial charge in [-0.25, -0.2) is 4.79 Å². The summed E-state index contributed by atoms with van der Waals surface area (Å²) in [6.07, 6.45) is 0.467. The molecule has 0 aromatic rings. The number of aliphatic carboxylic acids is 1. The second-order valence-corrected chi connectivity index (χ2v) is 14.8. The van der Waals surface area contributed by atoms with E-state index in [0.29, 0.717) is 0 Å². The molecule has 16 heteroatoms. The maximum atomic E-state index is 13.5. The zero-order chi connectivity index (χ0) is 38.5. The first-order chi connectivity index (χ1) is 22.3. The zero-order valence-electron chi connectivity index (χ0n) is 31.3. The summed E-state index contributed by atoms with van der Waals surface area (Å²) in [5.74, 6) is -5.50. The van der Waals surface area contributed by atoms with Gasteiger partial charge in [0.2, 0.25) is 35.4 Å². The maximum absolute atomic E-state index is 13.5. The second-order valence-electron chi connectivity index (χ2n) is 14.8. The molecule has 0 aromatic carbocycles. The molecular formula is C33H62N8O8. The molecule has 0 unspecified atom stereocenters. The quantitative estimate of drug-likeness (QED) is 0.0804. The van der Waals surface area contributed by atoms with Gasteiger partial charge in [0.05, 0.1) is 6.04 Å². The van der Waals surface area contributed by atoms with Crippen molar-refractivity contribution in [3.05, 3.63) is 0 Å². The van der Waals surface area contributed by atoms with Gasteiger partial charge in [-0.15, -0.1) is 0 Å². The summed E-state index contributed by atoms with van der Waals surface area (Å²) in [6, 6.07) is -6.12. The Bertz CT molecular complexity index is 1170. The molecule has 0 fully saturated rings. The normalized spacial score (nSPS) is 16.4. The van der Waals surface area contributed by atoms with Crippen LogP contribution >= 0.6 is 0 Å². The highest BCUT2D eigenvalue weighted by Crippen LogP contribution is 2.13. The van der Waals surface area contributed by atoms with Crippen LogP contribution in [0.4, 0.5) is 0 Å². The highest BCUT2D eigenvalue weighted by molar-refractivity contribution is 5.96. The Balaban J connectivity index is 5.63. The van der Waals surface area contributed by atoms with Crippen LogP contribution in [0.25, 0.3) is 0 Å². The Morgan fingerprint density at radius 2 is 1.08 bits per heavy atom. The lowest BCUT2D eigenvalue weighted by atomic mass is 9.97. The summed E-state index contributed by atoms with van der Waals surface area (Å²) < 4.78 is 0. The third kappa shape index (κ3) is 15.5. The lowest BCUT2D eigenvalue weighted by Gasteiger charge is -2.34. The van der Waals surface area contributed by atoms with Gasteiger partial charge in [-0.05, 0) is 57.3 Å². The Kier molecular flexibility index (Phi) is 18.5. The molecule has 0 bridgehead atoms. The van der Waals surface area contributed by atoms with E-state index in [1.165, 1.54) is 32.7 Å². The number of carbonyl (C=O) groups is 7. The van der Waals surface area contributed by atoms with E-state index < -0.39 is 89.1 Å². The SMILES string of the molecule is CC(C)C[C@H](NC(=O)[C@H](C)NC(=O)[C@@H](NC(=O)[C@](C)(N)CN(C)C(=O)[C@H](CC(C)C)NC(=O)[C@H](C)NC(=O)[C@@H](N)C(C)C)C(C)C)C(=O)O. The molecule has 6 amide bonds. The van der Waals surface area contributed by atoms with Crippen LogP contribution in [0.2, 0.25) is 0 Å². The fraction of sp³-hybridized carbons (Fsp3) is 0.788. The van der Waals surface area contributed by atoms with Crippen LogP contribution < -0.4 is 38.1 Å². The molecule has 49 heavy (non-hydrogen) atoms. The third-order valence-corrected chi connectivity index (χ3v) is 7.86. The molecular weight excluding hydrogens is 636 g/mol. The van der Waals surface area contributed by atoms with Crippen molar-refractivity contribution in [1.82, 2.24) is 31.5 Å². The average molecular weight is 699 g/mol. The van der Waals surface area contributed by atoms with Crippen LogP contribution in [0.15, 0.2) is 0 Å². The Hall–Kier alpha value is -3.79. The lowest BCUT2D eigenvalue weighted by molar-refractivity contribution is -0.143. The molecule has 0 radical (unpaired) electrons. The summed E-state index contributed by atoms with van der Waals surface area (Å²) in [7, 11) is 1.43. The standard InChI is InChI=1S/C33H62N8O8/c1-16(2)13-22(38-26(42)20(9)36-28(44)24(34)18(5)6)30(46)41(12)15-33(11,35)32(49)40-25(19(7)8)29(45)37-21(10)27(43)39-23(31(47)48)14-17(3)4/h16-25H,13-15,34-35H2,1-12H3,(H,36,44)(H,37,45)(H,38,42)(H,39,43)(H,40,49)(H,47,48)/t20-,21-,22-,23-,24-,25-,33+/m0/s1. The van der Waals surface area contributed by atoms with Gasteiger partial charge in [0.25, 0.3) is 0 Å². The van der Waals surface area contributed by atoms with Gasteiger partial charge in [0, 0.05) is 13.6 Å². The van der Waals surface area contributed by atoms with Crippen LogP contribution in [0, 0.1) is 23.7 Å². The number of amides is 6. The Labute approximate surface area is 291 Å². The molecule has 0 aliphatic rings. The number of likely N-dealkylation sites (N-methyl/N-ethyl adjacent to an activating group) is 1. The molecule has 0 aromatic heterocycles. The van der Waals surface area contributed by atoms with E-state index in [9.17, 15) is 38.7 Å². The molecule has 282 valence electrons. The number of rotatable bonds is 20. The summed E-state index contributed by atoms with van der Waals surface area (Å²) in [6.45, 7) is 18.3. The topological polar surface area (TPSA) is 255 Å². The van der Waals surface area contributed by atoms with Crippen LogP contribution in [-0.2, 0) is 33.6 Å². The van der Waals surface area contributed by atoms with Gasteiger partial charge in [0.1, 0.15) is 35.7 Å². The second kappa shape index (κ2) is 20.0. The van der Waals surface area contributed by atoms with E-state index in [2.05, 4.69) is 26.6 Å². The number of hydrogen-bond acceptors (Lipinski definition) is 9. The van der Waals surface area contributed by atoms with Gasteiger partial charge in [-0.1, -0.05) is 55.4 Å². The largest absolute Gasteiger partial charge is 0.480 e. The molecule has 0 heterocycles. The fourth-order valence-corrected chi connectivity index (χ4v) is 4.78. The van der Waals surface area contributed by atoms with E-state index in [4.69, 9.17) is 11.5 Å². The van der Waals surface area contributed by atoms with Gasteiger partial charge in [-0.3, -0.25) is 28.8 Å². The molecule has 0 rings (SSSR count). The molecule has 0 spiro atoms. The van der Waals surface area contributed by atoms with Crippen LogP contribution in [-0.4, -0.2) is 107 Å². The molecule has 0 saturated heterocycles. The molecule has 0 saturated carbocycles. The van der Waals surface area contributed by atoms with E-state index in [1.54, 1.807) is 27.7 Å². The number of carboxylic acid groups (broad SMARTS) is 1. The maximum Gasteiger partial charge on any atom is 0.326 e. The molecule has 0 aliphatic heterocycles. The number of carboxylic acids is 1. The highest BCUT2D eigenvalue weighted by atomic mass is 16.4. The van der Waals surface area contributed by atoms with Crippen LogP contribution in [0.1, 0.15) is 89.0 Å². The Morgan fingerprint density at radius 1 is 0.653 bits per heavy atom. The van der Waals surface area contributed by atoms with Gasteiger partial charge < -0.3 is 48.1 Å². The minimum Gasteiger partial charge on any atom is -0.480 e. The number of hydrogen-bond donors (Lipinski definition) is 8. The first-order valence-corrected chi connectivity index (χ1v) is 16.9. The minimum absolute atomic E-state index is 0.00359. The van der Waals surface area contributed by atoms with Crippen molar-refractivity contribution in [2.45, 2.75) is 131 Å². The van der Waals surface area contributed by atoms with Gasteiger partial charge >= 0.3 is 5.97 Å². The molecule has 16 nitrogen and oxygen atoms in total. The number of nitrogens with two attached hydrogens (primary N) is 2. The van der Waals surface area contributed by atoms with E-state index in [0.717, 1.165) is 0 Å². The average Bonchev–Trinajstić information content (AvgIpc) is 2.96. The van der Waals surface area contributed by atoms with E-state index in [1.807, 2.05) is 27.7 Å². The number of carbonyl (C=O) groups excluding carboxylic acids is 6.